The van der Waals surface area contributed by atoms with Crippen LogP contribution in [0.3, 0.4) is 0 Å². The molecule has 1 aliphatic rings. The van der Waals surface area contributed by atoms with Crippen molar-refractivity contribution in [2.45, 2.75) is 44.9 Å². The fourth-order valence-corrected chi connectivity index (χ4v) is 2.08. The topological polar surface area (TPSA) is 66.6 Å². The SMILES string of the molecule is CC1CC(O)CC(C)N1CC(N)=O. The molecule has 3 N–H and O–H groups in total. The van der Waals surface area contributed by atoms with Crippen LogP contribution in [0.15, 0.2) is 0 Å². The number of primary amides is 1. The molecule has 4 heteroatoms. The second kappa shape index (κ2) is 4.07. The first-order valence-corrected chi connectivity index (χ1v) is 4.72. The molecule has 0 radical (unpaired) electrons. The predicted molar refractivity (Wildman–Crippen MR) is 50.1 cm³/mol. The Labute approximate surface area is 78.7 Å². The summed E-state index contributed by atoms with van der Waals surface area (Å²) in [6.45, 7) is 4.33. The first-order chi connectivity index (χ1) is 6.00. The van der Waals surface area contributed by atoms with Gasteiger partial charge in [-0.2, -0.15) is 0 Å². The van der Waals surface area contributed by atoms with Crippen LogP contribution in [0.1, 0.15) is 26.7 Å². The van der Waals surface area contributed by atoms with E-state index in [2.05, 4.69) is 4.90 Å². The normalized spacial score (nSPS) is 36.1. The summed E-state index contributed by atoms with van der Waals surface area (Å²) in [5, 5.41) is 9.46. The van der Waals surface area contributed by atoms with E-state index >= 15 is 0 Å². The summed E-state index contributed by atoms with van der Waals surface area (Å²) < 4.78 is 0. The van der Waals surface area contributed by atoms with Gasteiger partial charge in [-0.15, -0.1) is 0 Å². The fraction of sp³-hybridized carbons (Fsp3) is 0.889. The van der Waals surface area contributed by atoms with Crippen molar-refractivity contribution in [1.82, 2.24) is 4.90 Å². The number of aliphatic hydroxyl groups is 1. The maximum atomic E-state index is 10.8. The molecule has 1 heterocycles. The third-order valence-corrected chi connectivity index (χ3v) is 2.70. The van der Waals surface area contributed by atoms with E-state index in [0.29, 0.717) is 6.54 Å². The van der Waals surface area contributed by atoms with Gasteiger partial charge in [-0.05, 0) is 26.7 Å². The van der Waals surface area contributed by atoms with Crippen molar-refractivity contribution in [2.75, 3.05) is 6.54 Å². The smallest absolute Gasteiger partial charge is 0.231 e. The Morgan fingerprint density at radius 2 is 1.92 bits per heavy atom. The number of aliphatic hydroxyl groups excluding tert-OH is 1. The first kappa shape index (κ1) is 10.5. The Morgan fingerprint density at radius 1 is 1.46 bits per heavy atom. The Kier molecular flexibility index (Phi) is 3.27. The Balaban J connectivity index is 2.56. The minimum absolute atomic E-state index is 0.228. The highest BCUT2D eigenvalue weighted by molar-refractivity contribution is 5.76. The molecule has 1 fully saturated rings. The molecule has 0 saturated carbocycles. The Hall–Kier alpha value is -0.610. The third kappa shape index (κ3) is 2.67. The van der Waals surface area contributed by atoms with Gasteiger partial charge in [0, 0.05) is 12.1 Å². The second-order valence-electron chi connectivity index (χ2n) is 3.96. The molecule has 0 aromatic heterocycles. The molecule has 76 valence electrons. The number of amides is 1. The largest absolute Gasteiger partial charge is 0.393 e. The Morgan fingerprint density at radius 3 is 2.31 bits per heavy atom. The minimum Gasteiger partial charge on any atom is -0.393 e. The van der Waals surface area contributed by atoms with Crippen molar-refractivity contribution in [3.8, 4) is 0 Å². The molecule has 1 aliphatic heterocycles. The lowest BCUT2D eigenvalue weighted by atomic mass is 9.95. The van der Waals surface area contributed by atoms with E-state index in [1.807, 2.05) is 13.8 Å². The van der Waals surface area contributed by atoms with Crippen molar-refractivity contribution < 1.29 is 9.90 Å². The standard InChI is InChI=1S/C9H18N2O2/c1-6-3-8(12)4-7(2)11(6)5-9(10)13/h6-8,12H,3-5H2,1-2H3,(H2,10,13). The van der Waals surface area contributed by atoms with Crippen LogP contribution in [0, 0.1) is 0 Å². The van der Waals surface area contributed by atoms with E-state index in [9.17, 15) is 9.90 Å². The molecule has 0 bridgehead atoms. The van der Waals surface area contributed by atoms with E-state index in [0.717, 1.165) is 12.8 Å². The zero-order chi connectivity index (χ0) is 10.0. The van der Waals surface area contributed by atoms with Gasteiger partial charge >= 0.3 is 0 Å². The number of piperidine rings is 1. The van der Waals surface area contributed by atoms with Crippen LogP contribution in [0.5, 0.6) is 0 Å². The Bertz CT molecular complexity index is 184. The van der Waals surface area contributed by atoms with Crippen molar-refractivity contribution in [3.05, 3.63) is 0 Å². The average molecular weight is 186 g/mol. The molecular formula is C9H18N2O2. The first-order valence-electron chi connectivity index (χ1n) is 4.72. The lowest BCUT2D eigenvalue weighted by Gasteiger charge is -2.40. The van der Waals surface area contributed by atoms with Gasteiger partial charge < -0.3 is 10.8 Å². The van der Waals surface area contributed by atoms with Crippen LogP contribution in [-0.2, 0) is 4.79 Å². The number of nitrogens with two attached hydrogens (primary N) is 1. The number of likely N-dealkylation sites (tertiary alicyclic amines) is 1. The number of hydrogen-bond acceptors (Lipinski definition) is 3. The van der Waals surface area contributed by atoms with Crippen LogP contribution < -0.4 is 5.73 Å². The van der Waals surface area contributed by atoms with Crippen LogP contribution in [0.2, 0.25) is 0 Å². The second-order valence-corrected chi connectivity index (χ2v) is 3.96. The van der Waals surface area contributed by atoms with E-state index < -0.39 is 0 Å². The zero-order valence-electron chi connectivity index (χ0n) is 8.23. The lowest BCUT2D eigenvalue weighted by Crippen LogP contribution is -2.51. The zero-order valence-corrected chi connectivity index (χ0v) is 8.23. The molecule has 1 saturated heterocycles. The van der Waals surface area contributed by atoms with Gasteiger partial charge in [0.1, 0.15) is 0 Å². The number of hydrogen-bond donors (Lipinski definition) is 2. The number of carbonyl (C=O) groups excluding carboxylic acids is 1. The summed E-state index contributed by atoms with van der Waals surface area (Å²) in [6, 6.07) is 0.484. The summed E-state index contributed by atoms with van der Waals surface area (Å²) in [6.07, 6.45) is 1.24. The predicted octanol–water partition coefficient (Wildman–Crippen LogP) is -0.295. The summed E-state index contributed by atoms with van der Waals surface area (Å²) in [5.41, 5.74) is 5.14. The highest BCUT2D eigenvalue weighted by atomic mass is 16.3. The summed E-state index contributed by atoms with van der Waals surface area (Å²) in [7, 11) is 0. The van der Waals surface area contributed by atoms with Gasteiger partial charge in [-0.1, -0.05) is 0 Å². The van der Waals surface area contributed by atoms with Crippen LogP contribution >= 0.6 is 0 Å². The van der Waals surface area contributed by atoms with E-state index in [-0.39, 0.29) is 24.1 Å². The van der Waals surface area contributed by atoms with Crippen molar-refractivity contribution in [1.29, 1.82) is 0 Å². The fourth-order valence-electron chi connectivity index (χ4n) is 2.08. The molecule has 0 aromatic rings. The molecule has 0 aromatic carbocycles. The molecule has 13 heavy (non-hydrogen) atoms. The molecule has 1 amide bonds. The highest BCUT2D eigenvalue weighted by Crippen LogP contribution is 2.22. The number of carbonyl (C=O) groups is 1. The average Bonchev–Trinajstić information content (AvgIpc) is 1.96. The van der Waals surface area contributed by atoms with Gasteiger partial charge in [0.05, 0.1) is 12.6 Å². The minimum atomic E-state index is -0.296. The van der Waals surface area contributed by atoms with Crippen molar-refractivity contribution in [2.24, 2.45) is 5.73 Å². The summed E-state index contributed by atoms with van der Waals surface area (Å²) in [5.74, 6) is -0.296. The maximum absolute atomic E-state index is 10.8. The van der Waals surface area contributed by atoms with Crippen molar-refractivity contribution in [3.63, 3.8) is 0 Å². The molecule has 4 nitrogen and oxygen atoms in total. The highest BCUT2D eigenvalue weighted by Gasteiger charge is 2.30. The van der Waals surface area contributed by atoms with Crippen LogP contribution in [0.4, 0.5) is 0 Å². The molecule has 2 unspecified atom stereocenters. The number of nitrogens with zero attached hydrogens (tertiary/aromatic N) is 1. The summed E-state index contributed by atoms with van der Waals surface area (Å²) in [4.78, 5) is 12.8. The third-order valence-electron chi connectivity index (χ3n) is 2.70. The van der Waals surface area contributed by atoms with E-state index in [1.54, 1.807) is 0 Å². The monoisotopic (exact) mass is 186 g/mol. The molecule has 1 rings (SSSR count). The van der Waals surface area contributed by atoms with Crippen molar-refractivity contribution >= 4 is 5.91 Å². The molecule has 0 spiro atoms. The van der Waals surface area contributed by atoms with Gasteiger partial charge in [-0.3, -0.25) is 9.69 Å². The van der Waals surface area contributed by atoms with Gasteiger partial charge in [0.15, 0.2) is 0 Å². The lowest BCUT2D eigenvalue weighted by molar-refractivity contribution is -0.121. The van der Waals surface area contributed by atoms with E-state index in [4.69, 9.17) is 5.73 Å². The van der Waals surface area contributed by atoms with Gasteiger partial charge in [-0.25, -0.2) is 0 Å². The number of rotatable bonds is 2. The quantitative estimate of drug-likeness (QED) is 0.622. The summed E-state index contributed by atoms with van der Waals surface area (Å²) >= 11 is 0. The van der Waals surface area contributed by atoms with E-state index in [1.165, 1.54) is 0 Å². The van der Waals surface area contributed by atoms with Crippen LogP contribution in [-0.4, -0.2) is 40.6 Å². The van der Waals surface area contributed by atoms with Gasteiger partial charge in [0.25, 0.3) is 0 Å². The van der Waals surface area contributed by atoms with Crippen LogP contribution in [0.25, 0.3) is 0 Å². The molecular weight excluding hydrogens is 168 g/mol. The van der Waals surface area contributed by atoms with Gasteiger partial charge in [0.2, 0.25) is 5.91 Å². The molecule has 0 aliphatic carbocycles. The molecule has 2 atom stereocenters. The maximum Gasteiger partial charge on any atom is 0.231 e.